The number of carbonyl (C=O) groups is 1. The van der Waals surface area contributed by atoms with Gasteiger partial charge in [-0.15, -0.1) is 0 Å². The van der Waals surface area contributed by atoms with Crippen molar-refractivity contribution in [1.82, 2.24) is 4.57 Å². The molecule has 0 amide bonds. The average Bonchev–Trinajstić information content (AvgIpc) is 2.57. The van der Waals surface area contributed by atoms with Gasteiger partial charge in [0.25, 0.3) is 0 Å². The third-order valence-corrected chi connectivity index (χ3v) is 2.84. The van der Waals surface area contributed by atoms with Crippen molar-refractivity contribution < 1.29 is 23.1 Å². The molecule has 1 aromatic rings. The molecule has 0 spiro atoms. The van der Waals surface area contributed by atoms with Crippen molar-refractivity contribution in [2.24, 2.45) is 5.14 Å². The molecule has 0 radical (unpaired) electrons. The van der Waals surface area contributed by atoms with Crippen molar-refractivity contribution in [1.29, 1.82) is 0 Å². The van der Waals surface area contributed by atoms with Crippen molar-refractivity contribution >= 4 is 16.0 Å². The van der Waals surface area contributed by atoms with Crippen LogP contribution >= 0.6 is 0 Å². The summed E-state index contributed by atoms with van der Waals surface area (Å²) >= 11 is 0. The fraction of sp³-hybridized carbons (Fsp3) is 0.375. The SMILES string of the molecule is COCCn1cc(S(N)(=O)=O)cc1C(=O)O. The van der Waals surface area contributed by atoms with Crippen molar-refractivity contribution in [2.45, 2.75) is 11.4 Å². The fourth-order valence-electron chi connectivity index (χ4n) is 1.19. The molecule has 1 aromatic heterocycles. The van der Waals surface area contributed by atoms with Crippen LogP contribution in [0.3, 0.4) is 0 Å². The lowest BCUT2D eigenvalue weighted by atomic mass is 10.4. The molecule has 3 N–H and O–H groups in total. The van der Waals surface area contributed by atoms with Gasteiger partial charge in [-0.3, -0.25) is 0 Å². The lowest BCUT2D eigenvalue weighted by molar-refractivity contribution is 0.0682. The van der Waals surface area contributed by atoms with Crippen LogP contribution in [0.2, 0.25) is 0 Å². The number of nitrogens with two attached hydrogens (primary N) is 1. The largest absolute Gasteiger partial charge is 0.477 e. The van der Waals surface area contributed by atoms with Crippen LogP contribution in [0.1, 0.15) is 10.5 Å². The summed E-state index contributed by atoms with van der Waals surface area (Å²) in [5.74, 6) is -1.22. The molecular weight excluding hydrogens is 236 g/mol. The first-order valence-electron chi connectivity index (χ1n) is 4.31. The summed E-state index contributed by atoms with van der Waals surface area (Å²) in [5, 5.41) is 13.7. The quantitative estimate of drug-likeness (QED) is 0.728. The Balaban J connectivity index is 3.15. The topological polar surface area (TPSA) is 112 Å². The number of aromatic carboxylic acids is 1. The van der Waals surface area contributed by atoms with Crippen molar-refractivity contribution in [2.75, 3.05) is 13.7 Å². The van der Waals surface area contributed by atoms with E-state index in [4.69, 9.17) is 15.0 Å². The third kappa shape index (κ3) is 2.81. The predicted molar refractivity (Wildman–Crippen MR) is 54.6 cm³/mol. The smallest absolute Gasteiger partial charge is 0.352 e. The molecule has 1 rings (SSSR count). The molecule has 7 nitrogen and oxygen atoms in total. The number of carboxylic acid groups (broad SMARTS) is 1. The maximum Gasteiger partial charge on any atom is 0.352 e. The van der Waals surface area contributed by atoms with Gasteiger partial charge in [0.05, 0.1) is 6.61 Å². The van der Waals surface area contributed by atoms with E-state index >= 15 is 0 Å². The molecule has 0 atom stereocenters. The zero-order valence-corrected chi connectivity index (χ0v) is 9.40. The van der Waals surface area contributed by atoms with Gasteiger partial charge in [-0.1, -0.05) is 0 Å². The van der Waals surface area contributed by atoms with Crippen LogP contribution in [-0.4, -0.2) is 37.8 Å². The standard InChI is InChI=1S/C8H12N2O5S/c1-15-3-2-10-5-6(16(9,13)14)4-7(10)8(11)12/h4-5H,2-3H2,1H3,(H,11,12)(H2,9,13,14). The van der Waals surface area contributed by atoms with Gasteiger partial charge in [0.2, 0.25) is 10.0 Å². The minimum atomic E-state index is -3.89. The van der Waals surface area contributed by atoms with Crippen molar-refractivity contribution in [3.05, 3.63) is 18.0 Å². The maximum absolute atomic E-state index is 11.0. The zero-order valence-electron chi connectivity index (χ0n) is 8.58. The number of carboxylic acids is 1. The van der Waals surface area contributed by atoms with Gasteiger partial charge in [-0.2, -0.15) is 0 Å². The summed E-state index contributed by atoms with van der Waals surface area (Å²) < 4.78 is 28.1. The van der Waals surface area contributed by atoms with E-state index in [1.165, 1.54) is 17.9 Å². The van der Waals surface area contributed by atoms with Gasteiger partial charge in [0, 0.05) is 19.9 Å². The Labute approximate surface area is 92.5 Å². The fourth-order valence-corrected chi connectivity index (χ4v) is 1.74. The van der Waals surface area contributed by atoms with Crippen molar-refractivity contribution in [3.63, 3.8) is 0 Å². The van der Waals surface area contributed by atoms with Crippen LogP contribution in [0.5, 0.6) is 0 Å². The molecular formula is C8H12N2O5S. The van der Waals surface area contributed by atoms with E-state index in [0.29, 0.717) is 0 Å². The maximum atomic E-state index is 11.0. The lowest BCUT2D eigenvalue weighted by Gasteiger charge is -2.04. The molecule has 8 heteroatoms. The minimum Gasteiger partial charge on any atom is -0.477 e. The van der Waals surface area contributed by atoms with E-state index in [0.717, 1.165) is 6.07 Å². The zero-order chi connectivity index (χ0) is 12.3. The van der Waals surface area contributed by atoms with Gasteiger partial charge < -0.3 is 14.4 Å². The molecule has 0 aliphatic rings. The summed E-state index contributed by atoms with van der Waals surface area (Å²) in [6.07, 6.45) is 1.18. The van der Waals surface area contributed by atoms with Crippen LogP contribution < -0.4 is 5.14 Å². The molecule has 1 heterocycles. The second-order valence-electron chi connectivity index (χ2n) is 3.10. The molecule has 16 heavy (non-hydrogen) atoms. The Morgan fingerprint density at radius 1 is 1.62 bits per heavy atom. The molecule has 0 fully saturated rings. The first-order valence-corrected chi connectivity index (χ1v) is 5.86. The van der Waals surface area contributed by atoms with Crippen molar-refractivity contribution in [3.8, 4) is 0 Å². The Morgan fingerprint density at radius 3 is 2.69 bits per heavy atom. The summed E-state index contributed by atoms with van der Waals surface area (Å²) in [4.78, 5) is 10.6. The molecule has 90 valence electrons. The lowest BCUT2D eigenvalue weighted by Crippen LogP contribution is -2.11. The highest BCUT2D eigenvalue weighted by Crippen LogP contribution is 2.13. The van der Waals surface area contributed by atoms with E-state index in [-0.39, 0.29) is 23.7 Å². The monoisotopic (exact) mass is 248 g/mol. The van der Waals surface area contributed by atoms with Crippen LogP contribution in [0, 0.1) is 0 Å². The van der Waals surface area contributed by atoms with Gasteiger partial charge >= 0.3 is 5.97 Å². The molecule has 0 aliphatic carbocycles. The Morgan fingerprint density at radius 2 is 2.25 bits per heavy atom. The molecule has 0 aliphatic heterocycles. The number of nitrogens with zero attached hydrogens (tertiary/aromatic N) is 1. The Hall–Kier alpha value is -1.38. The van der Waals surface area contributed by atoms with Gasteiger partial charge in [0.1, 0.15) is 10.6 Å². The van der Waals surface area contributed by atoms with Crippen LogP contribution in [0.15, 0.2) is 17.2 Å². The summed E-state index contributed by atoms with van der Waals surface area (Å²) in [6.45, 7) is 0.521. The predicted octanol–water partition coefficient (Wildman–Crippen LogP) is -0.520. The Kier molecular flexibility index (Phi) is 3.68. The van der Waals surface area contributed by atoms with E-state index in [1.54, 1.807) is 0 Å². The number of hydrogen-bond acceptors (Lipinski definition) is 4. The highest BCUT2D eigenvalue weighted by molar-refractivity contribution is 7.89. The summed E-state index contributed by atoms with van der Waals surface area (Å²) in [6, 6.07) is 1.02. The van der Waals surface area contributed by atoms with Gasteiger partial charge in [0.15, 0.2) is 0 Å². The van der Waals surface area contributed by atoms with E-state index in [1.807, 2.05) is 0 Å². The highest BCUT2D eigenvalue weighted by atomic mass is 32.2. The number of sulfonamides is 1. The molecule has 0 aromatic carbocycles. The highest BCUT2D eigenvalue weighted by Gasteiger charge is 2.17. The molecule has 0 bridgehead atoms. The van der Waals surface area contributed by atoms with Crippen LogP contribution in [0.4, 0.5) is 0 Å². The number of aromatic nitrogens is 1. The first-order chi connectivity index (χ1) is 7.36. The third-order valence-electron chi connectivity index (χ3n) is 1.96. The molecule has 0 saturated carbocycles. The summed E-state index contributed by atoms with van der Waals surface area (Å²) in [5.41, 5.74) is -0.138. The molecule has 0 unspecified atom stereocenters. The van der Waals surface area contributed by atoms with Crippen LogP contribution in [0.25, 0.3) is 0 Å². The second kappa shape index (κ2) is 4.64. The van der Waals surface area contributed by atoms with E-state index < -0.39 is 16.0 Å². The van der Waals surface area contributed by atoms with Gasteiger partial charge in [-0.25, -0.2) is 18.4 Å². The molecule has 0 saturated heterocycles. The number of hydrogen-bond donors (Lipinski definition) is 2. The number of primary sulfonamides is 1. The number of methoxy groups -OCH3 is 1. The normalized spacial score (nSPS) is 11.6. The number of rotatable bonds is 5. The van der Waals surface area contributed by atoms with Gasteiger partial charge in [-0.05, 0) is 6.07 Å². The van der Waals surface area contributed by atoms with E-state index in [2.05, 4.69) is 0 Å². The Bertz CT molecular complexity index is 491. The average molecular weight is 248 g/mol. The van der Waals surface area contributed by atoms with E-state index in [9.17, 15) is 13.2 Å². The minimum absolute atomic E-state index is 0.138. The summed E-state index contributed by atoms with van der Waals surface area (Å²) in [7, 11) is -2.43. The first kappa shape index (κ1) is 12.7. The van der Waals surface area contributed by atoms with Crippen LogP contribution in [-0.2, 0) is 21.3 Å². The second-order valence-corrected chi connectivity index (χ2v) is 4.66. The number of ether oxygens (including phenoxy) is 1.